The third-order valence-corrected chi connectivity index (χ3v) is 4.76. The molecular weight excluding hydrogens is 305 g/mol. The number of aryl methyl sites for hydroxylation is 2. The van der Waals surface area contributed by atoms with Crippen molar-refractivity contribution in [3.63, 3.8) is 0 Å². The lowest BCUT2D eigenvalue weighted by Gasteiger charge is -2.13. The van der Waals surface area contributed by atoms with Gasteiger partial charge in [-0.25, -0.2) is 12.8 Å². The van der Waals surface area contributed by atoms with E-state index in [-0.39, 0.29) is 17.6 Å². The van der Waals surface area contributed by atoms with Crippen LogP contribution in [0.2, 0.25) is 0 Å². The van der Waals surface area contributed by atoms with Gasteiger partial charge in [0.05, 0.1) is 18.3 Å². The molecule has 1 N–H and O–H groups in total. The Morgan fingerprint density at radius 2 is 2.23 bits per heavy atom. The number of rotatable bonds is 5. The van der Waals surface area contributed by atoms with Crippen molar-refractivity contribution in [1.82, 2.24) is 9.78 Å². The Bertz CT molecular complexity index is 786. The molecule has 7 heteroatoms. The van der Waals surface area contributed by atoms with Gasteiger partial charge in [0, 0.05) is 18.5 Å². The molecule has 1 aromatic heterocycles. The molecule has 3 rings (SSSR count). The summed E-state index contributed by atoms with van der Waals surface area (Å²) in [6.45, 7) is 0.330. The van der Waals surface area contributed by atoms with Crippen LogP contribution in [-0.2, 0) is 22.8 Å². The number of nitrogens with one attached hydrogen (secondary N) is 1. The van der Waals surface area contributed by atoms with Crippen LogP contribution in [0.3, 0.4) is 0 Å². The van der Waals surface area contributed by atoms with E-state index >= 15 is 0 Å². The minimum atomic E-state index is -3.00. The maximum absolute atomic E-state index is 13.4. The fourth-order valence-corrected chi connectivity index (χ4v) is 3.24. The van der Waals surface area contributed by atoms with Gasteiger partial charge in [0.1, 0.15) is 21.5 Å². The Morgan fingerprint density at radius 3 is 3.00 bits per heavy atom. The molecule has 0 aliphatic heterocycles. The molecule has 0 saturated carbocycles. The normalized spacial score (nSPS) is 17.5. The van der Waals surface area contributed by atoms with Crippen molar-refractivity contribution in [2.75, 3.05) is 17.3 Å². The maximum atomic E-state index is 13.4. The van der Waals surface area contributed by atoms with Gasteiger partial charge in [0.2, 0.25) is 0 Å². The van der Waals surface area contributed by atoms with Crippen LogP contribution in [0, 0.1) is 5.82 Å². The van der Waals surface area contributed by atoms with E-state index in [1.165, 1.54) is 12.3 Å². The van der Waals surface area contributed by atoms with Gasteiger partial charge in [0.15, 0.2) is 0 Å². The highest BCUT2D eigenvalue weighted by molar-refractivity contribution is 7.90. The standard InChI is InChI=1S/C15H18FN3O2S/c1-22(20,21)9-8-19-7-6-15(18-19)17-14-5-3-11-2-4-12(16)10-13(11)14/h2,4,6-7,10,14H,3,5,8-9H2,1H3,(H,17,18)/t14-/m1/s1. The molecule has 1 aromatic carbocycles. The Balaban J connectivity index is 1.68. The van der Waals surface area contributed by atoms with E-state index in [9.17, 15) is 12.8 Å². The second-order valence-electron chi connectivity index (χ2n) is 5.67. The molecule has 22 heavy (non-hydrogen) atoms. The van der Waals surface area contributed by atoms with Crippen molar-refractivity contribution >= 4 is 15.7 Å². The molecule has 118 valence electrons. The Kier molecular flexibility index (Phi) is 3.90. The van der Waals surface area contributed by atoms with Crippen molar-refractivity contribution in [3.8, 4) is 0 Å². The van der Waals surface area contributed by atoms with Crippen LogP contribution in [0.25, 0.3) is 0 Å². The van der Waals surface area contributed by atoms with Gasteiger partial charge in [-0.15, -0.1) is 0 Å². The minimum absolute atomic E-state index is 0.0453. The number of halogens is 1. The maximum Gasteiger partial charge on any atom is 0.149 e. The van der Waals surface area contributed by atoms with Gasteiger partial charge in [-0.05, 0) is 36.1 Å². The summed E-state index contributed by atoms with van der Waals surface area (Å²) in [6, 6.07) is 6.74. The fraction of sp³-hybridized carbons (Fsp3) is 0.400. The first-order valence-electron chi connectivity index (χ1n) is 7.17. The van der Waals surface area contributed by atoms with Gasteiger partial charge in [-0.2, -0.15) is 5.10 Å². The summed E-state index contributed by atoms with van der Waals surface area (Å²) in [4.78, 5) is 0. The number of hydrogen-bond donors (Lipinski definition) is 1. The molecular formula is C15H18FN3O2S. The van der Waals surface area contributed by atoms with E-state index in [1.807, 2.05) is 6.07 Å². The van der Waals surface area contributed by atoms with Gasteiger partial charge in [-0.3, -0.25) is 4.68 Å². The molecule has 2 aromatic rings. The summed E-state index contributed by atoms with van der Waals surface area (Å²) in [5.74, 6) is 0.507. The molecule has 0 fully saturated rings. The summed E-state index contributed by atoms with van der Waals surface area (Å²) in [5.41, 5.74) is 2.14. The molecule has 0 saturated heterocycles. The predicted octanol–water partition coefficient (Wildman–Crippen LogP) is 2.17. The number of hydrogen-bond acceptors (Lipinski definition) is 4. The highest BCUT2D eigenvalue weighted by Crippen LogP contribution is 2.33. The van der Waals surface area contributed by atoms with Crippen LogP contribution in [0.5, 0.6) is 0 Å². The number of benzene rings is 1. The summed E-state index contributed by atoms with van der Waals surface area (Å²) in [5, 5.41) is 7.61. The van der Waals surface area contributed by atoms with E-state index in [1.54, 1.807) is 23.0 Å². The average Bonchev–Trinajstić information content (AvgIpc) is 3.04. The van der Waals surface area contributed by atoms with Crippen LogP contribution >= 0.6 is 0 Å². The number of nitrogens with zero attached hydrogens (tertiary/aromatic N) is 2. The molecule has 0 bridgehead atoms. The summed E-state index contributed by atoms with van der Waals surface area (Å²) in [6.07, 6.45) is 4.77. The molecule has 0 spiro atoms. The zero-order valence-corrected chi connectivity index (χ0v) is 13.1. The molecule has 0 unspecified atom stereocenters. The second-order valence-corrected chi connectivity index (χ2v) is 7.93. The first-order chi connectivity index (χ1) is 10.4. The lowest BCUT2D eigenvalue weighted by molar-refractivity contribution is 0.586. The smallest absolute Gasteiger partial charge is 0.149 e. The van der Waals surface area contributed by atoms with E-state index in [2.05, 4.69) is 10.4 Å². The third-order valence-electron chi connectivity index (χ3n) is 3.84. The molecule has 1 aliphatic rings. The lowest BCUT2D eigenvalue weighted by Crippen LogP contribution is -2.12. The lowest BCUT2D eigenvalue weighted by atomic mass is 10.1. The second kappa shape index (κ2) is 5.72. The van der Waals surface area contributed by atoms with E-state index < -0.39 is 9.84 Å². The van der Waals surface area contributed by atoms with E-state index in [4.69, 9.17) is 0 Å². The van der Waals surface area contributed by atoms with Gasteiger partial charge < -0.3 is 5.32 Å². The van der Waals surface area contributed by atoms with Gasteiger partial charge in [-0.1, -0.05) is 6.07 Å². The Morgan fingerprint density at radius 1 is 1.41 bits per heavy atom. The highest BCUT2D eigenvalue weighted by Gasteiger charge is 2.23. The van der Waals surface area contributed by atoms with Crippen molar-refractivity contribution in [1.29, 1.82) is 0 Å². The molecule has 1 heterocycles. The topological polar surface area (TPSA) is 64.0 Å². The quantitative estimate of drug-likeness (QED) is 0.916. The van der Waals surface area contributed by atoms with E-state index in [0.717, 1.165) is 24.0 Å². The number of anilines is 1. The van der Waals surface area contributed by atoms with Crippen LogP contribution in [0.15, 0.2) is 30.5 Å². The van der Waals surface area contributed by atoms with Gasteiger partial charge in [0.25, 0.3) is 0 Å². The monoisotopic (exact) mass is 323 g/mol. The number of aromatic nitrogens is 2. The first-order valence-corrected chi connectivity index (χ1v) is 9.23. The zero-order valence-electron chi connectivity index (χ0n) is 12.3. The van der Waals surface area contributed by atoms with Crippen molar-refractivity contribution in [2.45, 2.75) is 25.4 Å². The fourth-order valence-electron chi connectivity index (χ4n) is 2.72. The summed E-state index contributed by atoms with van der Waals surface area (Å²) < 4.78 is 37.3. The van der Waals surface area contributed by atoms with Gasteiger partial charge >= 0.3 is 0 Å². The molecule has 0 radical (unpaired) electrons. The number of fused-ring (bicyclic) bond motifs is 1. The molecule has 5 nitrogen and oxygen atoms in total. The van der Waals surface area contributed by atoms with Crippen LogP contribution < -0.4 is 5.32 Å². The largest absolute Gasteiger partial charge is 0.362 e. The predicted molar refractivity (Wildman–Crippen MR) is 83.0 cm³/mol. The molecule has 1 aliphatic carbocycles. The van der Waals surface area contributed by atoms with Crippen molar-refractivity contribution in [3.05, 3.63) is 47.4 Å². The minimum Gasteiger partial charge on any atom is -0.362 e. The zero-order chi connectivity index (χ0) is 15.7. The molecule has 1 atom stereocenters. The van der Waals surface area contributed by atoms with E-state index in [0.29, 0.717) is 12.4 Å². The highest BCUT2D eigenvalue weighted by atomic mass is 32.2. The van der Waals surface area contributed by atoms with Crippen molar-refractivity contribution < 1.29 is 12.8 Å². The summed E-state index contributed by atoms with van der Waals surface area (Å²) in [7, 11) is -3.00. The van der Waals surface area contributed by atoms with Crippen LogP contribution in [0.4, 0.5) is 10.2 Å². The molecule has 0 amide bonds. The summed E-state index contributed by atoms with van der Waals surface area (Å²) >= 11 is 0. The third kappa shape index (κ3) is 3.47. The van der Waals surface area contributed by atoms with Crippen LogP contribution in [-0.4, -0.2) is 30.2 Å². The Labute approximate surface area is 129 Å². The number of sulfone groups is 1. The Hall–Kier alpha value is -1.89. The SMILES string of the molecule is CS(=O)(=O)CCn1ccc(N[C@@H]2CCc3ccc(F)cc32)n1. The first kappa shape index (κ1) is 15.0. The van der Waals surface area contributed by atoms with Crippen molar-refractivity contribution in [2.24, 2.45) is 0 Å². The average molecular weight is 323 g/mol. The van der Waals surface area contributed by atoms with Crippen LogP contribution in [0.1, 0.15) is 23.6 Å².